The lowest BCUT2D eigenvalue weighted by atomic mass is 9.68. The minimum Gasteiger partial charge on any atom is -0.488 e. The van der Waals surface area contributed by atoms with Crippen LogP contribution >= 0.6 is 23.2 Å². The number of hydrogen-bond acceptors (Lipinski definition) is 7. The van der Waals surface area contributed by atoms with Crippen molar-refractivity contribution in [2.45, 2.75) is 58.2 Å². The normalized spacial score (nSPS) is 22.0. The second kappa shape index (κ2) is 14.1. The van der Waals surface area contributed by atoms with Gasteiger partial charge in [0.15, 0.2) is 17.3 Å². The lowest BCUT2D eigenvalue weighted by molar-refractivity contribution is -0.0936. The first-order valence-corrected chi connectivity index (χ1v) is 16.2. The minimum atomic E-state index is -0.690. The van der Waals surface area contributed by atoms with Crippen molar-refractivity contribution in [1.29, 1.82) is 0 Å². The molecule has 1 amide bonds. The number of anilines is 1. The van der Waals surface area contributed by atoms with Crippen LogP contribution in [0.2, 0.25) is 10.0 Å². The van der Waals surface area contributed by atoms with Gasteiger partial charge in [-0.2, -0.15) is 0 Å². The summed E-state index contributed by atoms with van der Waals surface area (Å²) in [6.07, 6.45) is 4.22. The zero-order valence-corrected chi connectivity index (χ0v) is 27.9. The third kappa shape index (κ3) is 7.84. The molecule has 3 fully saturated rings. The molecule has 0 spiro atoms. The molecular formula is C33H42Cl2FN5O4. The summed E-state index contributed by atoms with van der Waals surface area (Å²) in [5, 5.41) is 2.96. The molecule has 5 rings (SSSR count). The van der Waals surface area contributed by atoms with Crippen molar-refractivity contribution in [3.63, 3.8) is 0 Å². The Morgan fingerprint density at radius 3 is 2.47 bits per heavy atom. The van der Waals surface area contributed by atoms with Crippen LogP contribution in [0.25, 0.3) is 0 Å². The van der Waals surface area contributed by atoms with Crippen molar-refractivity contribution < 1.29 is 23.4 Å². The Balaban J connectivity index is 1.39. The van der Waals surface area contributed by atoms with Gasteiger partial charge >= 0.3 is 6.09 Å². The summed E-state index contributed by atoms with van der Waals surface area (Å²) in [7, 11) is 1.59. The first-order chi connectivity index (χ1) is 21.5. The number of nitrogens with one attached hydrogen (secondary N) is 1. The Morgan fingerprint density at radius 2 is 1.82 bits per heavy atom. The summed E-state index contributed by atoms with van der Waals surface area (Å²) in [6.45, 7) is 13.9. The Labute approximate surface area is 274 Å². The molecule has 0 aromatic heterocycles. The molecule has 0 radical (unpaired) electrons. The fourth-order valence-corrected chi connectivity index (χ4v) is 6.51. The van der Waals surface area contributed by atoms with Crippen molar-refractivity contribution in [2.24, 2.45) is 21.8 Å². The molecule has 3 atom stereocenters. The van der Waals surface area contributed by atoms with Crippen LogP contribution in [-0.4, -0.2) is 86.5 Å². The van der Waals surface area contributed by atoms with E-state index in [0.717, 1.165) is 26.1 Å². The highest BCUT2D eigenvalue weighted by Gasteiger charge is 2.50. The maximum atomic E-state index is 15.0. The first kappa shape index (κ1) is 33.3. The second-order valence-corrected chi connectivity index (χ2v) is 13.7. The predicted molar refractivity (Wildman–Crippen MR) is 178 cm³/mol. The van der Waals surface area contributed by atoms with Gasteiger partial charge in [-0.15, -0.1) is 0 Å². The number of amidine groups is 1. The summed E-state index contributed by atoms with van der Waals surface area (Å²) in [5.74, 6) is 1.03. The molecule has 3 aliphatic rings. The topological polar surface area (TPSA) is 88.0 Å². The number of likely N-dealkylation sites (tertiary alicyclic amines) is 2. The van der Waals surface area contributed by atoms with Gasteiger partial charge in [0, 0.05) is 50.1 Å². The van der Waals surface area contributed by atoms with Crippen LogP contribution < -0.4 is 14.8 Å². The van der Waals surface area contributed by atoms with Gasteiger partial charge in [-0.25, -0.2) is 9.18 Å². The molecule has 45 heavy (non-hydrogen) atoms. The number of nitrogens with zero attached hydrogens (tertiary/aromatic N) is 4. The molecule has 2 heterocycles. The molecule has 2 aromatic carbocycles. The van der Waals surface area contributed by atoms with Gasteiger partial charge in [0.2, 0.25) is 0 Å². The molecule has 2 bridgehead atoms. The van der Waals surface area contributed by atoms with E-state index in [-0.39, 0.29) is 39.8 Å². The zero-order valence-electron chi connectivity index (χ0n) is 26.4. The van der Waals surface area contributed by atoms with Crippen LogP contribution in [0.3, 0.4) is 0 Å². The quantitative estimate of drug-likeness (QED) is 0.171. The van der Waals surface area contributed by atoms with E-state index in [1.165, 1.54) is 31.4 Å². The van der Waals surface area contributed by atoms with E-state index < -0.39 is 11.4 Å². The van der Waals surface area contributed by atoms with Crippen molar-refractivity contribution in [3.8, 4) is 11.5 Å². The van der Waals surface area contributed by atoms with Crippen molar-refractivity contribution in [3.05, 3.63) is 45.7 Å². The van der Waals surface area contributed by atoms with Crippen molar-refractivity contribution in [2.75, 3.05) is 51.7 Å². The highest BCUT2D eigenvalue weighted by atomic mass is 35.5. The lowest BCUT2D eigenvalue weighted by Gasteiger charge is -2.52. The molecule has 244 valence electrons. The summed E-state index contributed by atoms with van der Waals surface area (Å²) >= 11 is 12.1. The van der Waals surface area contributed by atoms with E-state index in [9.17, 15) is 9.18 Å². The van der Waals surface area contributed by atoms with Gasteiger partial charge in [0.1, 0.15) is 24.1 Å². The monoisotopic (exact) mass is 661 g/mol. The maximum Gasteiger partial charge on any atom is 0.410 e. The van der Waals surface area contributed by atoms with E-state index in [2.05, 4.69) is 26.9 Å². The minimum absolute atomic E-state index is 0.106. The van der Waals surface area contributed by atoms with Crippen LogP contribution in [0.15, 0.2) is 34.3 Å². The van der Waals surface area contributed by atoms with Crippen molar-refractivity contribution in [1.82, 2.24) is 9.80 Å². The first-order valence-electron chi connectivity index (χ1n) is 15.5. The smallest absolute Gasteiger partial charge is 0.410 e. The van der Waals surface area contributed by atoms with E-state index in [1.54, 1.807) is 18.0 Å². The molecule has 1 N–H and O–H groups in total. The number of rotatable bonds is 9. The summed E-state index contributed by atoms with van der Waals surface area (Å²) in [4.78, 5) is 25.6. The van der Waals surface area contributed by atoms with Gasteiger partial charge < -0.3 is 24.4 Å². The number of amides is 1. The van der Waals surface area contributed by atoms with Gasteiger partial charge in [-0.3, -0.25) is 14.9 Å². The van der Waals surface area contributed by atoms with Crippen LogP contribution in [0.5, 0.6) is 11.5 Å². The number of benzene rings is 2. The zero-order chi connectivity index (χ0) is 32.3. The third-order valence-corrected chi connectivity index (χ3v) is 9.25. The van der Waals surface area contributed by atoms with Gasteiger partial charge in [-0.05, 0) is 78.0 Å². The van der Waals surface area contributed by atoms with Crippen molar-refractivity contribution >= 4 is 53.2 Å². The van der Waals surface area contributed by atoms with Crippen LogP contribution in [0, 0.1) is 17.7 Å². The Bertz CT molecular complexity index is 1430. The number of piperidine rings is 3. The van der Waals surface area contributed by atoms with Gasteiger partial charge in [0.25, 0.3) is 0 Å². The molecule has 1 saturated carbocycles. The third-order valence-electron chi connectivity index (χ3n) is 8.47. The van der Waals surface area contributed by atoms with Crippen LogP contribution in [-0.2, 0) is 4.74 Å². The lowest BCUT2D eigenvalue weighted by Crippen LogP contribution is -2.62. The number of aliphatic imine (C=N–C) groups is 2. The molecule has 2 aromatic rings. The average molecular weight is 663 g/mol. The molecule has 0 unspecified atom stereocenters. The molecule has 12 heteroatoms. The average Bonchev–Trinajstić information content (AvgIpc) is 3.02. The Hall–Kier alpha value is -3.08. The number of hydrogen-bond donors (Lipinski definition) is 1. The Morgan fingerprint density at radius 1 is 1.11 bits per heavy atom. The number of carbonyl (C=O) groups excluding carboxylic acids is 1. The van der Waals surface area contributed by atoms with Gasteiger partial charge in [-0.1, -0.05) is 29.6 Å². The summed E-state index contributed by atoms with van der Waals surface area (Å²) in [6, 6.07) is 6.61. The number of halogens is 3. The maximum absolute atomic E-state index is 15.0. The van der Waals surface area contributed by atoms with E-state index in [1.807, 2.05) is 26.8 Å². The summed E-state index contributed by atoms with van der Waals surface area (Å²) in [5.41, 5.74) is 0.601. The van der Waals surface area contributed by atoms with E-state index in [0.29, 0.717) is 48.3 Å². The van der Waals surface area contributed by atoms with Crippen LogP contribution in [0.4, 0.5) is 20.6 Å². The number of fused-ring (bicyclic) bond motifs is 2. The summed E-state index contributed by atoms with van der Waals surface area (Å²) < 4.78 is 33.6. The standard InChI is InChI=1S/C33H42Cl2FN5O4/c1-33(2,3)45-32(42)41-18-20-15-21(19-41)30(20)44-27-16-22(31(38-5)39-24-10-9-23(34)28(35)29(24)36)25(37-4)17-26(27)43-14-13-40-11-7-6-8-12-40/h9-10,16-17,20-21,30H,4,6-8,11-15,18-19H2,1-3,5H3,(H,38,39)/t20-,21+,30+. The van der Waals surface area contributed by atoms with E-state index >= 15 is 0 Å². The molecule has 2 saturated heterocycles. The SMILES string of the molecule is C=Nc1cc(OCCN2CCCCC2)c(O[C@H]2[C@@H]3C[C@H]2CN(C(=O)OC(C)(C)C)C3)cc1/C(=N\C)Nc1ccc(Cl)c(Cl)c1F. The van der Waals surface area contributed by atoms with Crippen LogP contribution in [0.1, 0.15) is 52.0 Å². The molecule has 2 aliphatic heterocycles. The van der Waals surface area contributed by atoms with Gasteiger partial charge in [0.05, 0.1) is 21.4 Å². The second-order valence-electron chi connectivity index (χ2n) is 12.9. The molecule has 9 nitrogen and oxygen atoms in total. The highest BCUT2D eigenvalue weighted by molar-refractivity contribution is 6.42. The number of ether oxygens (including phenoxy) is 3. The highest BCUT2D eigenvalue weighted by Crippen LogP contribution is 2.46. The fourth-order valence-electron chi connectivity index (χ4n) is 6.19. The largest absolute Gasteiger partial charge is 0.488 e. The van der Waals surface area contributed by atoms with E-state index in [4.69, 9.17) is 37.4 Å². The Kier molecular flexibility index (Phi) is 10.5. The predicted octanol–water partition coefficient (Wildman–Crippen LogP) is 7.45. The fraction of sp³-hybridized carbons (Fsp3) is 0.545. The molecule has 1 aliphatic carbocycles. The molecular weight excluding hydrogens is 620 g/mol. The number of carbonyl (C=O) groups is 1.